The van der Waals surface area contributed by atoms with Crippen LogP contribution in [0.2, 0.25) is 0 Å². The Kier molecular flexibility index (Phi) is 4.98. The summed E-state index contributed by atoms with van der Waals surface area (Å²) in [6, 6.07) is 7.85. The van der Waals surface area contributed by atoms with E-state index in [2.05, 4.69) is 13.8 Å². The van der Waals surface area contributed by atoms with E-state index >= 15 is 0 Å². The van der Waals surface area contributed by atoms with Gasteiger partial charge in [0, 0.05) is 5.41 Å². The van der Waals surface area contributed by atoms with E-state index in [0.29, 0.717) is 12.5 Å². The molecule has 0 heterocycles. The highest BCUT2D eigenvalue weighted by Gasteiger charge is 2.25. The highest BCUT2D eigenvalue weighted by atomic mass is 32.2. The third-order valence-corrected chi connectivity index (χ3v) is 3.95. The van der Waals surface area contributed by atoms with Crippen LogP contribution in [0.1, 0.15) is 39.2 Å². The van der Waals surface area contributed by atoms with Crippen molar-refractivity contribution in [2.45, 2.75) is 33.6 Å². The van der Waals surface area contributed by atoms with Crippen LogP contribution in [0.4, 0.5) is 0 Å². The minimum absolute atomic E-state index is 0.0932. The van der Waals surface area contributed by atoms with Crippen LogP contribution in [0, 0.1) is 5.41 Å². The summed E-state index contributed by atoms with van der Waals surface area (Å²) in [4.78, 5) is 0. The second kappa shape index (κ2) is 5.92. The van der Waals surface area contributed by atoms with E-state index < -0.39 is 15.4 Å². The second-order valence-electron chi connectivity index (χ2n) is 5.98. The van der Waals surface area contributed by atoms with Gasteiger partial charge in [0.15, 0.2) is 0 Å². The normalized spacial score (nSPS) is 12.7. The molecule has 5 heteroatoms. The molecule has 1 aromatic rings. The predicted octanol–water partition coefficient (Wildman–Crippen LogP) is 2.50. The van der Waals surface area contributed by atoms with E-state index in [1.807, 2.05) is 38.1 Å². The van der Waals surface area contributed by atoms with Gasteiger partial charge >= 0.3 is 0 Å². The largest absolute Gasteiger partial charge is 0.493 e. The van der Waals surface area contributed by atoms with Gasteiger partial charge in [0.25, 0.3) is 0 Å². The van der Waals surface area contributed by atoms with Crippen molar-refractivity contribution in [2.24, 2.45) is 10.6 Å². The predicted molar refractivity (Wildman–Crippen MR) is 77.8 cm³/mol. The maximum Gasteiger partial charge on any atom is 0.209 e. The topological polar surface area (TPSA) is 69.4 Å². The van der Waals surface area contributed by atoms with Gasteiger partial charge in [-0.3, -0.25) is 0 Å². The summed E-state index contributed by atoms with van der Waals surface area (Å²) in [6.07, 6.45) is 0. The molecule has 0 aliphatic heterocycles. The number of hydrogen-bond donors (Lipinski definition) is 1. The zero-order valence-corrected chi connectivity index (χ0v) is 12.8. The lowest BCUT2D eigenvalue weighted by Gasteiger charge is -2.23. The minimum Gasteiger partial charge on any atom is -0.493 e. The number of sulfonamides is 1. The van der Waals surface area contributed by atoms with E-state index in [9.17, 15) is 8.42 Å². The molecule has 1 aromatic carbocycles. The van der Waals surface area contributed by atoms with Crippen LogP contribution in [-0.4, -0.2) is 20.8 Å². The molecule has 0 spiro atoms. The fourth-order valence-corrected chi connectivity index (χ4v) is 2.99. The zero-order chi connectivity index (χ0) is 14.7. The first-order valence-electron chi connectivity index (χ1n) is 6.32. The number of hydrogen-bond acceptors (Lipinski definition) is 3. The van der Waals surface area contributed by atoms with Crippen molar-refractivity contribution in [2.75, 3.05) is 12.4 Å². The highest BCUT2D eigenvalue weighted by molar-refractivity contribution is 7.89. The summed E-state index contributed by atoms with van der Waals surface area (Å²) in [6.45, 7) is 8.21. The zero-order valence-electron chi connectivity index (χ0n) is 12.0. The van der Waals surface area contributed by atoms with Gasteiger partial charge in [0.2, 0.25) is 10.0 Å². The Morgan fingerprint density at radius 1 is 1.21 bits per heavy atom. The Labute approximate surface area is 116 Å². The fraction of sp³-hybridized carbons (Fsp3) is 0.571. The summed E-state index contributed by atoms with van der Waals surface area (Å²) in [7, 11) is -3.48. The fourth-order valence-electron chi connectivity index (χ4n) is 1.81. The summed E-state index contributed by atoms with van der Waals surface area (Å²) in [5.41, 5.74) is 0.737. The number of nitrogens with two attached hydrogens (primary N) is 1. The Morgan fingerprint density at radius 3 is 2.16 bits per heavy atom. The monoisotopic (exact) mass is 285 g/mol. The van der Waals surface area contributed by atoms with Crippen molar-refractivity contribution in [3.63, 3.8) is 0 Å². The highest BCUT2D eigenvalue weighted by Crippen LogP contribution is 2.22. The molecule has 108 valence electrons. The summed E-state index contributed by atoms with van der Waals surface area (Å²) < 4.78 is 27.8. The molecule has 0 amide bonds. The molecule has 4 nitrogen and oxygen atoms in total. The molecule has 0 saturated carbocycles. The molecule has 19 heavy (non-hydrogen) atoms. The van der Waals surface area contributed by atoms with E-state index in [0.717, 1.165) is 5.75 Å². The molecular formula is C14H23NO3S. The van der Waals surface area contributed by atoms with Gasteiger partial charge in [-0.05, 0) is 23.6 Å². The van der Waals surface area contributed by atoms with Gasteiger partial charge in [-0.1, -0.05) is 39.8 Å². The molecule has 0 aliphatic rings. The van der Waals surface area contributed by atoms with Gasteiger partial charge in [0.05, 0.1) is 12.4 Å². The van der Waals surface area contributed by atoms with E-state index in [1.54, 1.807) is 0 Å². The first kappa shape index (κ1) is 16.0. The quantitative estimate of drug-likeness (QED) is 0.873. The number of benzene rings is 1. The maximum absolute atomic E-state index is 11.1. The second-order valence-corrected chi connectivity index (χ2v) is 7.60. The SMILES string of the molecule is CC(C)c1ccc(OCC(C)(C)CS(N)(=O)=O)cc1. The molecule has 1 rings (SSSR count). The molecule has 0 aliphatic carbocycles. The Bertz CT molecular complexity index is 504. The molecule has 0 aromatic heterocycles. The van der Waals surface area contributed by atoms with E-state index in [1.165, 1.54) is 5.56 Å². The van der Waals surface area contributed by atoms with Crippen LogP contribution in [0.15, 0.2) is 24.3 Å². The third-order valence-electron chi connectivity index (χ3n) is 2.77. The van der Waals surface area contributed by atoms with Crippen molar-refractivity contribution >= 4 is 10.0 Å². The summed E-state index contributed by atoms with van der Waals surface area (Å²) >= 11 is 0. The molecule has 0 radical (unpaired) electrons. The summed E-state index contributed by atoms with van der Waals surface area (Å²) in [5.74, 6) is 1.13. The lowest BCUT2D eigenvalue weighted by molar-refractivity contribution is 0.200. The van der Waals surface area contributed by atoms with Crippen molar-refractivity contribution in [1.29, 1.82) is 0 Å². The van der Waals surface area contributed by atoms with Crippen LogP contribution in [0.5, 0.6) is 5.75 Å². The van der Waals surface area contributed by atoms with Crippen LogP contribution < -0.4 is 9.88 Å². The van der Waals surface area contributed by atoms with Gasteiger partial charge in [-0.15, -0.1) is 0 Å². The lowest BCUT2D eigenvalue weighted by atomic mass is 9.98. The minimum atomic E-state index is -3.48. The van der Waals surface area contributed by atoms with Gasteiger partial charge in [-0.25, -0.2) is 13.6 Å². The molecular weight excluding hydrogens is 262 g/mol. The van der Waals surface area contributed by atoms with Crippen LogP contribution >= 0.6 is 0 Å². The van der Waals surface area contributed by atoms with Gasteiger partial charge in [0.1, 0.15) is 5.75 Å². The summed E-state index contributed by atoms with van der Waals surface area (Å²) in [5, 5.41) is 5.06. The Morgan fingerprint density at radius 2 is 1.74 bits per heavy atom. The maximum atomic E-state index is 11.1. The molecule has 0 unspecified atom stereocenters. The standard InChI is InChI=1S/C14H23NO3S/c1-11(2)12-5-7-13(8-6-12)18-9-14(3,4)10-19(15,16)17/h5-8,11H,9-10H2,1-4H3,(H2,15,16,17). The van der Waals surface area contributed by atoms with Crippen LogP contribution in [-0.2, 0) is 10.0 Å². The van der Waals surface area contributed by atoms with E-state index in [4.69, 9.17) is 9.88 Å². The molecule has 2 N–H and O–H groups in total. The number of primary sulfonamides is 1. The van der Waals surface area contributed by atoms with Gasteiger partial charge in [-0.2, -0.15) is 0 Å². The Balaban J connectivity index is 2.61. The molecule has 0 saturated heterocycles. The van der Waals surface area contributed by atoms with Crippen molar-refractivity contribution in [3.05, 3.63) is 29.8 Å². The first-order valence-corrected chi connectivity index (χ1v) is 8.04. The molecule has 0 bridgehead atoms. The number of rotatable bonds is 6. The van der Waals surface area contributed by atoms with Crippen LogP contribution in [0.3, 0.4) is 0 Å². The third kappa shape index (κ3) is 6.07. The smallest absolute Gasteiger partial charge is 0.209 e. The number of ether oxygens (including phenoxy) is 1. The molecule has 0 atom stereocenters. The van der Waals surface area contributed by atoms with Crippen molar-refractivity contribution in [1.82, 2.24) is 0 Å². The average molecular weight is 285 g/mol. The van der Waals surface area contributed by atoms with Crippen LogP contribution in [0.25, 0.3) is 0 Å². The first-order chi connectivity index (χ1) is 8.59. The average Bonchev–Trinajstić information content (AvgIpc) is 2.24. The van der Waals surface area contributed by atoms with Gasteiger partial charge < -0.3 is 4.74 Å². The molecule has 0 fully saturated rings. The Hall–Kier alpha value is -1.07. The van der Waals surface area contributed by atoms with Crippen molar-refractivity contribution in [3.8, 4) is 5.75 Å². The van der Waals surface area contributed by atoms with Crippen molar-refractivity contribution < 1.29 is 13.2 Å². The van der Waals surface area contributed by atoms with E-state index in [-0.39, 0.29) is 5.75 Å². The lowest BCUT2D eigenvalue weighted by Crippen LogP contribution is -2.33.